The number of amides is 2. The van der Waals surface area contributed by atoms with Crippen LogP contribution in [0.5, 0.6) is 0 Å². The predicted octanol–water partition coefficient (Wildman–Crippen LogP) is 2.01. The van der Waals surface area contributed by atoms with Gasteiger partial charge in [0.25, 0.3) is 0 Å². The molecule has 0 bridgehead atoms. The number of likely N-dealkylation sites (tertiary alicyclic amines) is 1. The zero-order valence-corrected chi connectivity index (χ0v) is 13.8. The molecule has 6 heteroatoms. The number of carbonyl (C=O) groups excluding carboxylic acids is 1. The van der Waals surface area contributed by atoms with Crippen molar-refractivity contribution in [2.24, 2.45) is 0 Å². The van der Waals surface area contributed by atoms with Crippen LogP contribution in [0.2, 0.25) is 0 Å². The fraction of sp³-hybridized carbons (Fsp3) is 0.529. The number of hydrogen-bond acceptors (Lipinski definition) is 3. The lowest BCUT2D eigenvalue weighted by molar-refractivity contribution is 0.174. The van der Waals surface area contributed by atoms with Gasteiger partial charge in [0.1, 0.15) is 5.65 Å². The lowest BCUT2D eigenvalue weighted by atomic mass is 10.0. The third-order valence-electron chi connectivity index (χ3n) is 4.19. The van der Waals surface area contributed by atoms with Crippen molar-refractivity contribution in [3.05, 3.63) is 36.3 Å². The standard InChI is InChI=1S/C17H25N5O/c1-13(2)19-14-6-9-21(10-7-14)17(23)18-11-15-12-22-8-4-3-5-16(22)20-15/h3-5,8,12-14,19H,6-7,9-11H2,1-2H3,(H,18,23). The van der Waals surface area contributed by atoms with E-state index in [0.717, 1.165) is 37.3 Å². The van der Waals surface area contributed by atoms with E-state index in [1.54, 1.807) is 0 Å². The maximum Gasteiger partial charge on any atom is 0.317 e. The number of rotatable bonds is 4. The lowest BCUT2D eigenvalue weighted by Crippen LogP contribution is -2.49. The van der Waals surface area contributed by atoms with Gasteiger partial charge < -0.3 is 19.9 Å². The third-order valence-corrected chi connectivity index (χ3v) is 4.19. The second-order valence-corrected chi connectivity index (χ2v) is 6.44. The molecule has 0 atom stereocenters. The minimum Gasteiger partial charge on any atom is -0.332 e. The van der Waals surface area contributed by atoms with Crippen molar-refractivity contribution in [3.8, 4) is 0 Å². The summed E-state index contributed by atoms with van der Waals surface area (Å²) in [5.41, 5.74) is 1.78. The van der Waals surface area contributed by atoms with Gasteiger partial charge in [0.15, 0.2) is 0 Å². The fourth-order valence-corrected chi connectivity index (χ4v) is 3.07. The van der Waals surface area contributed by atoms with Gasteiger partial charge >= 0.3 is 6.03 Å². The number of fused-ring (bicyclic) bond motifs is 1. The van der Waals surface area contributed by atoms with Crippen molar-refractivity contribution < 1.29 is 4.79 Å². The number of pyridine rings is 1. The van der Waals surface area contributed by atoms with Crippen LogP contribution < -0.4 is 10.6 Å². The van der Waals surface area contributed by atoms with E-state index in [1.807, 2.05) is 39.9 Å². The topological polar surface area (TPSA) is 61.7 Å². The van der Waals surface area contributed by atoms with E-state index < -0.39 is 0 Å². The van der Waals surface area contributed by atoms with Crippen molar-refractivity contribution >= 4 is 11.7 Å². The quantitative estimate of drug-likeness (QED) is 0.907. The number of piperidine rings is 1. The SMILES string of the molecule is CC(C)NC1CCN(C(=O)NCc2cn3ccccc3n2)CC1. The Morgan fingerprint density at radius 3 is 2.83 bits per heavy atom. The smallest absolute Gasteiger partial charge is 0.317 e. The Kier molecular flexibility index (Phi) is 4.81. The molecule has 3 rings (SSSR count). The molecule has 6 nitrogen and oxygen atoms in total. The molecule has 2 amide bonds. The van der Waals surface area contributed by atoms with Gasteiger partial charge in [0.2, 0.25) is 0 Å². The van der Waals surface area contributed by atoms with Gasteiger partial charge in [-0.2, -0.15) is 0 Å². The van der Waals surface area contributed by atoms with E-state index in [-0.39, 0.29) is 6.03 Å². The summed E-state index contributed by atoms with van der Waals surface area (Å²) in [6.45, 7) is 6.40. The van der Waals surface area contributed by atoms with Gasteiger partial charge in [-0.25, -0.2) is 9.78 Å². The van der Waals surface area contributed by atoms with Crippen molar-refractivity contribution in [1.29, 1.82) is 0 Å². The minimum atomic E-state index is 0.00468. The third kappa shape index (κ3) is 4.01. The maximum atomic E-state index is 12.3. The Morgan fingerprint density at radius 2 is 2.13 bits per heavy atom. The molecule has 0 spiro atoms. The highest BCUT2D eigenvalue weighted by atomic mass is 16.2. The maximum absolute atomic E-state index is 12.3. The van der Waals surface area contributed by atoms with Crippen LogP contribution >= 0.6 is 0 Å². The van der Waals surface area contributed by atoms with Crippen LogP contribution in [0.4, 0.5) is 4.79 Å². The first kappa shape index (κ1) is 15.8. The number of nitrogens with one attached hydrogen (secondary N) is 2. The molecule has 0 radical (unpaired) electrons. The van der Waals surface area contributed by atoms with Crippen LogP contribution in [0.3, 0.4) is 0 Å². The molecular weight excluding hydrogens is 290 g/mol. The first-order chi connectivity index (χ1) is 11.1. The highest BCUT2D eigenvalue weighted by molar-refractivity contribution is 5.74. The average Bonchev–Trinajstić information content (AvgIpc) is 2.95. The second kappa shape index (κ2) is 7.00. The molecule has 0 aromatic carbocycles. The van der Waals surface area contributed by atoms with Crippen LogP contribution in [-0.2, 0) is 6.54 Å². The Morgan fingerprint density at radius 1 is 1.35 bits per heavy atom. The Bertz CT molecular complexity index is 625. The molecule has 3 heterocycles. The summed E-state index contributed by atoms with van der Waals surface area (Å²) < 4.78 is 1.96. The monoisotopic (exact) mass is 315 g/mol. The zero-order valence-electron chi connectivity index (χ0n) is 13.8. The lowest BCUT2D eigenvalue weighted by Gasteiger charge is -2.33. The number of urea groups is 1. The summed E-state index contributed by atoms with van der Waals surface area (Å²) >= 11 is 0. The second-order valence-electron chi connectivity index (χ2n) is 6.44. The molecule has 1 saturated heterocycles. The van der Waals surface area contributed by atoms with E-state index in [2.05, 4.69) is 29.5 Å². The summed E-state index contributed by atoms with van der Waals surface area (Å²) in [4.78, 5) is 18.7. The van der Waals surface area contributed by atoms with Crippen LogP contribution in [0.1, 0.15) is 32.4 Å². The minimum absolute atomic E-state index is 0.00468. The van der Waals surface area contributed by atoms with E-state index >= 15 is 0 Å². The van der Waals surface area contributed by atoms with Crippen molar-refractivity contribution in [2.45, 2.75) is 45.3 Å². The molecule has 2 N–H and O–H groups in total. The van der Waals surface area contributed by atoms with Crippen LogP contribution in [0.25, 0.3) is 5.65 Å². The molecule has 0 aliphatic carbocycles. The summed E-state index contributed by atoms with van der Waals surface area (Å²) in [6.07, 6.45) is 5.94. The number of nitrogens with zero attached hydrogens (tertiary/aromatic N) is 3. The van der Waals surface area contributed by atoms with Gasteiger partial charge in [-0.15, -0.1) is 0 Å². The molecule has 1 aliphatic heterocycles. The van der Waals surface area contributed by atoms with E-state index in [9.17, 15) is 4.79 Å². The van der Waals surface area contributed by atoms with Gasteiger partial charge in [-0.1, -0.05) is 19.9 Å². The normalized spacial score (nSPS) is 16.2. The first-order valence-electron chi connectivity index (χ1n) is 8.33. The van der Waals surface area contributed by atoms with E-state index in [4.69, 9.17) is 0 Å². The fourth-order valence-electron chi connectivity index (χ4n) is 3.07. The number of hydrogen-bond donors (Lipinski definition) is 2. The molecule has 1 aliphatic rings. The molecule has 2 aromatic rings. The number of carbonyl (C=O) groups is 1. The molecule has 0 unspecified atom stereocenters. The van der Waals surface area contributed by atoms with Gasteiger partial charge in [-0.3, -0.25) is 0 Å². The highest BCUT2D eigenvalue weighted by Gasteiger charge is 2.22. The summed E-state index contributed by atoms with van der Waals surface area (Å²) in [6, 6.07) is 6.91. The van der Waals surface area contributed by atoms with Crippen molar-refractivity contribution in [1.82, 2.24) is 24.9 Å². The molecule has 2 aromatic heterocycles. The zero-order chi connectivity index (χ0) is 16.2. The molecular formula is C17H25N5O. The van der Waals surface area contributed by atoms with Crippen LogP contribution in [0.15, 0.2) is 30.6 Å². The predicted molar refractivity (Wildman–Crippen MR) is 90.3 cm³/mol. The molecule has 0 saturated carbocycles. The molecule has 124 valence electrons. The largest absolute Gasteiger partial charge is 0.332 e. The highest BCUT2D eigenvalue weighted by Crippen LogP contribution is 2.11. The Hall–Kier alpha value is -2.08. The van der Waals surface area contributed by atoms with Crippen LogP contribution in [0, 0.1) is 0 Å². The van der Waals surface area contributed by atoms with E-state index in [0.29, 0.717) is 18.6 Å². The Balaban J connectivity index is 1.48. The van der Waals surface area contributed by atoms with Gasteiger partial charge in [0.05, 0.1) is 12.2 Å². The van der Waals surface area contributed by atoms with Crippen LogP contribution in [-0.4, -0.2) is 45.5 Å². The number of aromatic nitrogens is 2. The van der Waals surface area contributed by atoms with Gasteiger partial charge in [-0.05, 0) is 25.0 Å². The first-order valence-corrected chi connectivity index (χ1v) is 8.33. The van der Waals surface area contributed by atoms with E-state index in [1.165, 1.54) is 0 Å². The summed E-state index contributed by atoms with van der Waals surface area (Å²) in [5.74, 6) is 0. The van der Waals surface area contributed by atoms with Crippen molar-refractivity contribution in [2.75, 3.05) is 13.1 Å². The van der Waals surface area contributed by atoms with Crippen molar-refractivity contribution in [3.63, 3.8) is 0 Å². The number of imidazole rings is 1. The molecule has 1 fully saturated rings. The molecule has 23 heavy (non-hydrogen) atoms. The summed E-state index contributed by atoms with van der Waals surface area (Å²) in [5, 5.41) is 6.52. The summed E-state index contributed by atoms with van der Waals surface area (Å²) in [7, 11) is 0. The average molecular weight is 315 g/mol. The van der Waals surface area contributed by atoms with Gasteiger partial charge in [0, 0.05) is 37.6 Å². The Labute approximate surface area is 136 Å².